The van der Waals surface area contributed by atoms with Gasteiger partial charge in [0.15, 0.2) is 0 Å². The first-order chi connectivity index (χ1) is 16.2. The molecule has 0 spiro atoms. The molecule has 3 amide bonds. The van der Waals surface area contributed by atoms with Gasteiger partial charge in [0.2, 0.25) is 5.91 Å². The molecule has 1 aromatic heterocycles. The highest BCUT2D eigenvalue weighted by atomic mass is 32.1. The topological polar surface area (TPSA) is 122 Å². The van der Waals surface area contributed by atoms with Gasteiger partial charge in [-0.2, -0.15) is 0 Å². The highest BCUT2D eigenvalue weighted by Crippen LogP contribution is 2.31. The average Bonchev–Trinajstić information content (AvgIpc) is 3.44. The van der Waals surface area contributed by atoms with E-state index >= 15 is 0 Å². The van der Waals surface area contributed by atoms with Gasteiger partial charge in [-0.1, -0.05) is 17.4 Å². The third kappa shape index (κ3) is 4.91. The van der Waals surface area contributed by atoms with Gasteiger partial charge in [0.25, 0.3) is 5.91 Å². The van der Waals surface area contributed by atoms with Gasteiger partial charge in [0, 0.05) is 31.6 Å². The summed E-state index contributed by atoms with van der Waals surface area (Å²) in [5.74, 6) is -1.04. The monoisotopic (exact) mass is 488 g/mol. The third-order valence-electron chi connectivity index (χ3n) is 5.54. The standard InChI is InChI=1S/C22H21FN4O6S/c1-13(28)24-11-16-12-26(22(30)33-16)15-2-3-17(18(23)10-15)14-6-8-25(9-7-14)21(29)19-4-5-20(34-19)27(31)32/h2-6,10,16H,7-9,11-12H2,1H3,(H,24,28)/t16-/m0/s1. The molecule has 178 valence electrons. The number of nitro groups is 1. The second-order valence-corrected chi connectivity index (χ2v) is 8.91. The van der Waals surface area contributed by atoms with Crippen LogP contribution in [0.2, 0.25) is 0 Å². The molecular weight excluding hydrogens is 467 g/mol. The van der Waals surface area contributed by atoms with Crippen LogP contribution in [0.1, 0.15) is 28.6 Å². The SMILES string of the molecule is CC(=O)NC[C@H]1CN(c2ccc(C3=CCN(C(=O)c4ccc([N+](=O)[O-])s4)CC3)c(F)c2)C(=O)O1. The van der Waals surface area contributed by atoms with Crippen LogP contribution in [0.25, 0.3) is 5.57 Å². The lowest BCUT2D eigenvalue weighted by Crippen LogP contribution is -2.34. The Labute approximate surface area is 197 Å². The molecule has 0 radical (unpaired) electrons. The number of cyclic esters (lactones) is 1. The fraction of sp³-hybridized carbons (Fsp3) is 0.318. The molecule has 0 unspecified atom stereocenters. The minimum absolute atomic E-state index is 0.0953. The van der Waals surface area contributed by atoms with E-state index in [-0.39, 0.29) is 41.3 Å². The van der Waals surface area contributed by atoms with E-state index in [1.165, 1.54) is 30.0 Å². The van der Waals surface area contributed by atoms with Gasteiger partial charge in [-0.25, -0.2) is 9.18 Å². The Kier molecular flexibility index (Phi) is 6.59. The van der Waals surface area contributed by atoms with Crippen LogP contribution < -0.4 is 10.2 Å². The van der Waals surface area contributed by atoms with Gasteiger partial charge in [0.1, 0.15) is 11.9 Å². The van der Waals surface area contributed by atoms with Crippen molar-refractivity contribution in [2.75, 3.05) is 31.1 Å². The number of thiophene rings is 1. The van der Waals surface area contributed by atoms with Crippen LogP contribution in [0.3, 0.4) is 0 Å². The van der Waals surface area contributed by atoms with E-state index in [4.69, 9.17) is 4.74 Å². The number of carbonyl (C=O) groups is 3. The number of nitrogens with one attached hydrogen (secondary N) is 1. The summed E-state index contributed by atoms with van der Waals surface area (Å²) in [5.41, 5.74) is 1.46. The van der Waals surface area contributed by atoms with Crippen LogP contribution in [-0.4, -0.2) is 60.0 Å². The van der Waals surface area contributed by atoms with Gasteiger partial charge in [-0.3, -0.25) is 24.6 Å². The van der Waals surface area contributed by atoms with E-state index in [2.05, 4.69) is 5.32 Å². The van der Waals surface area contributed by atoms with E-state index in [9.17, 15) is 28.9 Å². The van der Waals surface area contributed by atoms with Gasteiger partial charge < -0.3 is 15.0 Å². The number of ether oxygens (including phenoxy) is 1. The van der Waals surface area contributed by atoms with Crippen molar-refractivity contribution in [1.29, 1.82) is 0 Å². The maximum atomic E-state index is 14.9. The van der Waals surface area contributed by atoms with Gasteiger partial charge in [-0.05, 0) is 36.3 Å². The maximum absolute atomic E-state index is 14.9. The molecule has 2 aliphatic rings. The molecule has 0 aliphatic carbocycles. The van der Waals surface area contributed by atoms with Gasteiger partial charge >= 0.3 is 11.1 Å². The summed E-state index contributed by atoms with van der Waals surface area (Å²) in [6, 6.07) is 7.22. The normalized spacial score (nSPS) is 17.9. The van der Waals surface area contributed by atoms with Crippen molar-refractivity contribution in [2.24, 2.45) is 0 Å². The fourth-order valence-electron chi connectivity index (χ4n) is 3.82. The van der Waals surface area contributed by atoms with Crippen molar-refractivity contribution in [1.82, 2.24) is 10.2 Å². The van der Waals surface area contributed by atoms with Crippen LogP contribution in [0.5, 0.6) is 0 Å². The van der Waals surface area contributed by atoms with E-state index in [1.807, 2.05) is 0 Å². The molecule has 4 rings (SSSR count). The number of hydrogen-bond acceptors (Lipinski definition) is 7. The van der Waals surface area contributed by atoms with Crippen molar-refractivity contribution in [2.45, 2.75) is 19.4 Å². The van der Waals surface area contributed by atoms with Crippen LogP contribution in [0, 0.1) is 15.9 Å². The Balaban J connectivity index is 1.42. The molecule has 0 saturated carbocycles. The Morgan fingerprint density at radius 1 is 1.32 bits per heavy atom. The highest BCUT2D eigenvalue weighted by Gasteiger charge is 2.33. The van der Waals surface area contributed by atoms with Crippen LogP contribution in [0.15, 0.2) is 36.4 Å². The lowest BCUT2D eigenvalue weighted by atomic mass is 9.98. The Morgan fingerprint density at radius 3 is 2.74 bits per heavy atom. The van der Waals surface area contributed by atoms with Crippen molar-refractivity contribution >= 4 is 45.5 Å². The van der Waals surface area contributed by atoms with E-state index in [0.29, 0.717) is 24.2 Å². The molecule has 1 N–H and O–H groups in total. The van der Waals surface area contributed by atoms with E-state index in [1.54, 1.807) is 23.1 Å². The molecule has 0 bridgehead atoms. The maximum Gasteiger partial charge on any atom is 0.414 e. The minimum atomic E-state index is -0.609. The summed E-state index contributed by atoms with van der Waals surface area (Å²) in [7, 11) is 0. The third-order valence-corrected chi connectivity index (χ3v) is 6.57. The predicted molar refractivity (Wildman–Crippen MR) is 122 cm³/mol. The molecule has 1 saturated heterocycles. The molecule has 1 aromatic carbocycles. The first kappa shape index (κ1) is 23.4. The fourth-order valence-corrected chi connectivity index (χ4v) is 4.61. The molecule has 1 fully saturated rings. The number of carbonyl (C=O) groups excluding carboxylic acids is 3. The summed E-state index contributed by atoms with van der Waals surface area (Å²) in [6.45, 7) is 2.34. The largest absolute Gasteiger partial charge is 0.442 e. The van der Waals surface area contributed by atoms with Crippen molar-refractivity contribution in [3.8, 4) is 0 Å². The predicted octanol–water partition coefficient (Wildman–Crippen LogP) is 3.19. The van der Waals surface area contributed by atoms with Crippen LogP contribution in [0.4, 0.5) is 19.9 Å². The molecule has 2 aliphatic heterocycles. The Hall–Kier alpha value is -3.80. The summed E-state index contributed by atoms with van der Waals surface area (Å²) in [4.78, 5) is 49.3. The van der Waals surface area contributed by atoms with Crippen LogP contribution >= 0.6 is 11.3 Å². The van der Waals surface area contributed by atoms with Crippen molar-refractivity contribution in [3.05, 3.63) is 62.8 Å². The first-order valence-corrected chi connectivity index (χ1v) is 11.3. The summed E-state index contributed by atoms with van der Waals surface area (Å²) >= 11 is 0.827. The zero-order valence-corrected chi connectivity index (χ0v) is 19.0. The lowest BCUT2D eigenvalue weighted by Gasteiger charge is -2.26. The number of hydrogen-bond donors (Lipinski definition) is 1. The van der Waals surface area contributed by atoms with Crippen molar-refractivity contribution < 1.29 is 28.4 Å². The number of anilines is 1. The first-order valence-electron chi connectivity index (χ1n) is 10.5. The number of amides is 3. The smallest absolute Gasteiger partial charge is 0.414 e. The number of rotatable bonds is 6. The average molecular weight is 488 g/mol. The minimum Gasteiger partial charge on any atom is -0.442 e. The van der Waals surface area contributed by atoms with Gasteiger partial charge in [0.05, 0.1) is 28.6 Å². The van der Waals surface area contributed by atoms with E-state index < -0.39 is 22.9 Å². The summed E-state index contributed by atoms with van der Waals surface area (Å²) in [5, 5.41) is 13.3. The second-order valence-electron chi connectivity index (χ2n) is 7.84. The molecule has 10 nitrogen and oxygen atoms in total. The molecule has 1 atom stereocenters. The summed E-state index contributed by atoms with van der Waals surface area (Å²) in [6.07, 6.45) is 1.05. The number of nitrogens with zero attached hydrogens (tertiary/aromatic N) is 3. The second kappa shape index (κ2) is 9.59. The quantitative estimate of drug-likeness (QED) is 0.492. The van der Waals surface area contributed by atoms with Crippen LogP contribution in [-0.2, 0) is 9.53 Å². The van der Waals surface area contributed by atoms with Gasteiger partial charge in [-0.15, -0.1) is 0 Å². The Bertz CT molecular complexity index is 1200. The number of benzene rings is 1. The summed E-state index contributed by atoms with van der Waals surface area (Å²) < 4.78 is 20.2. The molecule has 2 aromatic rings. The number of halogens is 1. The van der Waals surface area contributed by atoms with Crippen molar-refractivity contribution in [3.63, 3.8) is 0 Å². The Morgan fingerprint density at radius 2 is 2.12 bits per heavy atom. The molecule has 12 heteroatoms. The van der Waals surface area contributed by atoms with E-state index in [0.717, 1.165) is 16.9 Å². The molecule has 34 heavy (non-hydrogen) atoms. The zero-order valence-electron chi connectivity index (χ0n) is 18.2. The zero-order chi connectivity index (χ0) is 24.4. The molecule has 3 heterocycles. The highest BCUT2D eigenvalue weighted by molar-refractivity contribution is 7.17. The molecular formula is C22H21FN4O6S. The lowest BCUT2D eigenvalue weighted by molar-refractivity contribution is -0.380.